The molecule has 1 aromatic carbocycles. The number of hydrogen-bond acceptors (Lipinski definition) is 4. The number of aryl methyl sites for hydroxylation is 1. The molecule has 0 bridgehead atoms. The summed E-state index contributed by atoms with van der Waals surface area (Å²) >= 11 is 0. The molecule has 1 aromatic heterocycles. The fourth-order valence-corrected chi connectivity index (χ4v) is 2.87. The molecule has 1 aliphatic rings. The first kappa shape index (κ1) is 13.3. The summed E-state index contributed by atoms with van der Waals surface area (Å²) in [4.78, 5) is 0. The number of aliphatic hydroxyl groups is 1. The van der Waals surface area contributed by atoms with E-state index in [1.54, 1.807) is 0 Å². The Hall–Kier alpha value is -1.72. The zero-order valence-electron chi connectivity index (χ0n) is 11.9. The van der Waals surface area contributed by atoms with Crippen LogP contribution in [-0.2, 0) is 5.60 Å². The summed E-state index contributed by atoms with van der Waals surface area (Å²) in [6.07, 6.45) is 0.652. The van der Waals surface area contributed by atoms with Gasteiger partial charge in [-0.2, -0.15) is 0 Å². The number of aromatic nitrogens is 3. The molecular weight excluding hydrogens is 252 g/mol. The van der Waals surface area contributed by atoms with Crippen molar-refractivity contribution in [1.29, 1.82) is 0 Å². The molecule has 5 heteroatoms. The molecule has 2 aromatic rings. The van der Waals surface area contributed by atoms with E-state index in [-0.39, 0.29) is 5.92 Å². The standard InChI is InChI=1S/C15H20N4O/c1-11-10-16-9-8-15(11,20)14-18-17-12(2)19(14)13-6-4-3-5-7-13/h3-7,11,16,20H,8-10H2,1-2H3/t11-,15+/m1/s1. The molecule has 1 aliphatic heterocycles. The van der Waals surface area contributed by atoms with Gasteiger partial charge in [0.25, 0.3) is 0 Å². The Morgan fingerprint density at radius 3 is 2.75 bits per heavy atom. The summed E-state index contributed by atoms with van der Waals surface area (Å²) < 4.78 is 1.96. The summed E-state index contributed by atoms with van der Waals surface area (Å²) in [5.74, 6) is 1.54. The summed E-state index contributed by atoms with van der Waals surface area (Å²) in [6, 6.07) is 9.96. The minimum atomic E-state index is -0.928. The highest BCUT2D eigenvalue weighted by Gasteiger charge is 2.42. The van der Waals surface area contributed by atoms with Crippen molar-refractivity contribution in [2.75, 3.05) is 13.1 Å². The lowest BCUT2D eigenvalue weighted by Gasteiger charge is -2.37. The molecule has 1 fully saturated rings. The fraction of sp³-hybridized carbons (Fsp3) is 0.467. The molecule has 0 unspecified atom stereocenters. The van der Waals surface area contributed by atoms with Crippen LogP contribution in [0.15, 0.2) is 30.3 Å². The van der Waals surface area contributed by atoms with Gasteiger partial charge in [0.2, 0.25) is 0 Å². The molecule has 2 N–H and O–H groups in total. The molecule has 0 radical (unpaired) electrons. The van der Waals surface area contributed by atoms with E-state index < -0.39 is 5.60 Å². The van der Waals surface area contributed by atoms with Gasteiger partial charge in [-0.3, -0.25) is 4.57 Å². The predicted molar refractivity (Wildman–Crippen MR) is 76.6 cm³/mol. The van der Waals surface area contributed by atoms with Crippen LogP contribution in [0.4, 0.5) is 0 Å². The Labute approximate surface area is 118 Å². The van der Waals surface area contributed by atoms with Gasteiger partial charge < -0.3 is 10.4 Å². The summed E-state index contributed by atoms with van der Waals surface area (Å²) in [5, 5.41) is 22.9. The second kappa shape index (κ2) is 5.00. The van der Waals surface area contributed by atoms with Crippen molar-refractivity contribution in [2.24, 2.45) is 5.92 Å². The molecule has 106 valence electrons. The fourth-order valence-electron chi connectivity index (χ4n) is 2.87. The van der Waals surface area contributed by atoms with Crippen molar-refractivity contribution in [2.45, 2.75) is 25.9 Å². The van der Waals surface area contributed by atoms with Crippen LogP contribution in [-0.4, -0.2) is 33.0 Å². The van der Waals surface area contributed by atoms with Gasteiger partial charge in [0.15, 0.2) is 5.82 Å². The first-order valence-electron chi connectivity index (χ1n) is 7.04. The van der Waals surface area contributed by atoms with E-state index in [1.165, 1.54) is 0 Å². The first-order chi connectivity index (χ1) is 9.63. The number of benzene rings is 1. The largest absolute Gasteiger partial charge is 0.381 e. The van der Waals surface area contributed by atoms with E-state index >= 15 is 0 Å². The molecule has 2 heterocycles. The van der Waals surface area contributed by atoms with E-state index in [0.29, 0.717) is 12.2 Å². The average Bonchev–Trinajstić information content (AvgIpc) is 2.86. The second-order valence-corrected chi connectivity index (χ2v) is 5.52. The maximum atomic E-state index is 11.1. The monoisotopic (exact) mass is 272 g/mol. The van der Waals surface area contributed by atoms with Gasteiger partial charge in [0.05, 0.1) is 0 Å². The second-order valence-electron chi connectivity index (χ2n) is 5.52. The van der Waals surface area contributed by atoms with Crippen molar-refractivity contribution in [3.63, 3.8) is 0 Å². The molecule has 1 saturated heterocycles. The molecule has 20 heavy (non-hydrogen) atoms. The van der Waals surface area contributed by atoms with Crippen LogP contribution in [0, 0.1) is 12.8 Å². The third kappa shape index (κ3) is 2.03. The van der Waals surface area contributed by atoms with Crippen LogP contribution in [0.3, 0.4) is 0 Å². The maximum Gasteiger partial charge on any atom is 0.170 e. The maximum absolute atomic E-state index is 11.1. The molecule has 0 saturated carbocycles. The highest BCUT2D eigenvalue weighted by atomic mass is 16.3. The van der Waals surface area contributed by atoms with Crippen molar-refractivity contribution in [3.05, 3.63) is 42.0 Å². The quantitative estimate of drug-likeness (QED) is 0.867. The van der Waals surface area contributed by atoms with Crippen LogP contribution in [0.2, 0.25) is 0 Å². The van der Waals surface area contributed by atoms with Gasteiger partial charge in [-0.25, -0.2) is 0 Å². The number of piperidine rings is 1. The van der Waals surface area contributed by atoms with Crippen molar-refractivity contribution in [3.8, 4) is 5.69 Å². The van der Waals surface area contributed by atoms with E-state index in [4.69, 9.17) is 0 Å². The predicted octanol–water partition coefficient (Wildman–Crippen LogP) is 1.39. The Morgan fingerprint density at radius 2 is 2.05 bits per heavy atom. The van der Waals surface area contributed by atoms with E-state index in [9.17, 15) is 5.11 Å². The van der Waals surface area contributed by atoms with Crippen LogP contribution in [0.25, 0.3) is 5.69 Å². The lowest BCUT2D eigenvalue weighted by molar-refractivity contribution is -0.0483. The highest BCUT2D eigenvalue weighted by molar-refractivity contribution is 5.35. The van der Waals surface area contributed by atoms with E-state index in [2.05, 4.69) is 15.5 Å². The Morgan fingerprint density at radius 1 is 1.30 bits per heavy atom. The molecule has 3 rings (SSSR count). The number of hydrogen-bond donors (Lipinski definition) is 2. The van der Waals surface area contributed by atoms with Crippen LogP contribution >= 0.6 is 0 Å². The Balaban J connectivity index is 2.11. The SMILES string of the molecule is Cc1nnc([C@]2(O)CCNC[C@H]2C)n1-c1ccccc1. The number of nitrogens with zero attached hydrogens (tertiary/aromatic N) is 3. The Kier molecular flexibility index (Phi) is 3.31. The van der Waals surface area contributed by atoms with Gasteiger partial charge in [-0.1, -0.05) is 25.1 Å². The summed E-state index contributed by atoms with van der Waals surface area (Å²) in [6.45, 7) is 5.54. The molecule has 0 spiro atoms. The number of para-hydroxylation sites is 1. The van der Waals surface area contributed by atoms with Crippen molar-refractivity contribution >= 4 is 0 Å². The molecule has 2 atom stereocenters. The zero-order valence-corrected chi connectivity index (χ0v) is 11.9. The smallest absolute Gasteiger partial charge is 0.170 e. The van der Waals surface area contributed by atoms with Gasteiger partial charge in [0.1, 0.15) is 11.4 Å². The zero-order chi connectivity index (χ0) is 14.2. The average molecular weight is 272 g/mol. The third-order valence-corrected chi connectivity index (χ3v) is 4.18. The van der Waals surface area contributed by atoms with Gasteiger partial charge in [0, 0.05) is 18.2 Å². The van der Waals surface area contributed by atoms with Crippen LogP contribution < -0.4 is 5.32 Å². The Bertz CT molecular complexity index is 595. The first-order valence-corrected chi connectivity index (χ1v) is 7.04. The lowest BCUT2D eigenvalue weighted by atomic mass is 9.82. The van der Waals surface area contributed by atoms with Crippen LogP contribution in [0.5, 0.6) is 0 Å². The topological polar surface area (TPSA) is 63.0 Å². The normalized spacial score (nSPS) is 26.6. The minimum absolute atomic E-state index is 0.0994. The molecule has 0 amide bonds. The van der Waals surface area contributed by atoms with Gasteiger partial charge >= 0.3 is 0 Å². The summed E-state index contributed by atoms with van der Waals surface area (Å²) in [7, 11) is 0. The van der Waals surface area contributed by atoms with Crippen LogP contribution in [0.1, 0.15) is 25.0 Å². The van der Waals surface area contributed by atoms with Crippen molar-refractivity contribution in [1.82, 2.24) is 20.1 Å². The third-order valence-electron chi connectivity index (χ3n) is 4.18. The molecular formula is C15H20N4O. The number of nitrogens with one attached hydrogen (secondary N) is 1. The highest BCUT2D eigenvalue weighted by Crippen LogP contribution is 2.35. The van der Waals surface area contributed by atoms with Gasteiger partial charge in [-0.15, -0.1) is 10.2 Å². The van der Waals surface area contributed by atoms with E-state index in [0.717, 1.165) is 24.6 Å². The van der Waals surface area contributed by atoms with Gasteiger partial charge in [-0.05, 0) is 32.0 Å². The lowest BCUT2D eigenvalue weighted by Crippen LogP contribution is -2.48. The van der Waals surface area contributed by atoms with E-state index in [1.807, 2.05) is 48.7 Å². The minimum Gasteiger partial charge on any atom is -0.381 e. The summed E-state index contributed by atoms with van der Waals surface area (Å²) in [5.41, 5.74) is 0.0617. The molecule has 0 aliphatic carbocycles. The number of rotatable bonds is 2. The van der Waals surface area contributed by atoms with Crippen molar-refractivity contribution < 1.29 is 5.11 Å². The molecule has 5 nitrogen and oxygen atoms in total.